The Balaban J connectivity index is 1.57. The normalized spacial score (nSPS) is 17.7. The Morgan fingerprint density at radius 2 is 2.13 bits per heavy atom. The average molecular weight is 309 g/mol. The van der Waals surface area contributed by atoms with Gasteiger partial charge < -0.3 is 9.84 Å². The fourth-order valence-electron chi connectivity index (χ4n) is 2.91. The van der Waals surface area contributed by atoms with Crippen LogP contribution in [0, 0.1) is 0 Å². The summed E-state index contributed by atoms with van der Waals surface area (Å²) < 4.78 is 5.38. The Morgan fingerprint density at radius 3 is 2.87 bits per heavy atom. The van der Waals surface area contributed by atoms with Gasteiger partial charge in [0.15, 0.2) is 5.69 Å². The molecule has 6 heteroatoms. The number of nitrogens with zero attached hydrogens (tertiary/aromatic N) is 3. The summed E-state index contributed by atoms with van der Waals surface area (Å²) in [5.74, 6) is 1.53. The van der Waals surface area contributed by atoms with Crippen molar-refractivity contribution in [2.24, 2.45) is 0 Å². The number of hydrogen-bond acceptors (Lipinski definition) is 5. The zero-order valence-electron chi connectivity index (χ0n) is 13.0. The molecule has 6 nitrogen and oxygen atoms in total. The minimum Gasteiger partial charge on any atom is -0.332 e. The molecule has 1 aliphatic heterocycles. The summed E-state index contributed by atoms with van der Waals surface area (Å²) in [6.45, 7) is 4.18. The van der Waals surface area contributed by atoms with Gasteiger partial charge in [0.2, 0.25) is 5.82 Å². The number of benzene rings is 1. The van der Waals surface area contributed by atoms with Crippen LogP contribution in [0.1, 0.15) is 30.5 Å². The fourth-order valence-corrected chi connectivity index (χ4v) is 2.91. The van der Waals surface area contributed by atoms with Crippen LogP contribution in [0.25, 0.3) is 23.0 Å². The second-order valence-electron chi connectivity index (χ2n) is 5.87. The highest BCUT2D eigenvalue weighted by Crippen LogP contribution is 2.26. The molecule has 0 spiro atoms. The summed E-state index contributed by atoms with van der Waals surface area (Å²) in [6, 6.07) is 10.2. The molecule has 0 amide bonds. The predicted octanol–water partition coefficient (Wildman–Crippen LogP) is 2.77. The molecule has 1 aliphatic rings. The largest absolute Gasteiger partial charge is 0.332 e. The summed E-state index contributed by atoms with van der Waals surface area (Å²) >= 11 is 0. The molecule has 23 heavy (non-hydrogen) atoms. The second-order valence-corrected chi connectivity index (χ2v) is 5.87. The van der Waals surface area contributed by atoms with Crippen LogP contribution in [0.15, 0.2) is 34.9 Å². The van der Waals surface area contributed by atoms with E-state index < -0.39 is 0 Å². The quantitative estimate of drug-likeness (QED) is 0.774. The number of rotatable bonds is 4. The minimum absolute atomic E-state index is 0.452. The van der Waals surface area contributed by atoms with Gasteiger partial charge in [0.1, 0.15) is 0 Å². The summed E-state index contributed by atoms with van der Waals surface area (Å²) in [4.78, 5) is 4.47. The molecule has 1 saturated heterocycles. The summed E-state index contributed by atoms with van der Waals surface area (Å²) in [7, 11) is 0. The molecule has 2 N–H and O–H groups in total. The lowest BCUT2D eigenvalue weighted by atomic mass is 10.1. The first-order valence-corrected chi connectivity index (χ1v) is 8.03. The van der Waals surface area contributed by atoms with Crippen LogP contribution in [0.5, 0.6) is 0 Å². The molecule has 0 saturated carbocycles. The molecule has 1 aromatic carbocycles. The van der Waals surface area contributed by atoms with Crippen molar-refractivity contribution in [2.45, 2.75) is 25.7 Å². The van der Waals surface area contributed by atoms with Crippen LogP contribution in [0.3, 0.4) is 0 Å². The van der Waals surface area contributed by atoms with Crippen LogP contribution >= 0.6 is 0 Å². The second kappa shape index (κ2) is 5.96. The third-order valence-electron chi connectivity index (χ3n) is 4.36. The molecule has 118 valence electrons. The van der Waals surface area contributed by atoms with Crippen molar-refractivity contribution in [1.82, 2.24) is 25.7 Å². The first-order chi connectivity index (χ1) is 11.3. The van der Waals surface area contributed by atoms with E-state index in [0.29, 0.717) is 23.3 Å². The van der Waals surface area contributed by atoms with Gasteiger partial charge in [0.05, 0.1) is 0 Å². The third kappa shape index (κ3) is 2.77. The highest BCUT2D eigenvalue weighted by molar-refractivity contribution is 5.58. The Labute approximate surface area is 134 Å². The van der Waals surface area contributed by atoms with Gasteiger partial charge in [0, 0.05) is 23.7 Å². The highest BCUT2D eigenvalue weighted by atomic mass is 16.5. The van der Waals surface area contributed by atoms with E-state index >= 15 is 0 Å². The molecule has 0 aliphatic carbocycles. The lowest BCUT2D eigenvalue weighted by Crippen LogP contribution is -2.08. The number of aromatic amines is 1. The van der Waals surface area contributed by atoms with Gasteiger partial charge in [-0.2, -0.15) is 10.1 Å². The molecular weight excluding hydrogens is 290 g/mol. The van der Waals surface area contributed by atoms with Gasteiger partial charge >= 0.3 is 0 Å². The van der Waals surface area contributed by atoms with Crippen molar-refractivity contribution in [3.8, 4) is 23.0 Å². The lowest BCUT2D eigenvalue weighted by molar-refractivity contribution is 0.431. The summed E-state index contributed by atoms with van der Waals surface area (Å²) in [6.07, 6.45) is 2.14. The third-order valence-corrected chi connectivity index (χ3v) is 4.36. The minimum atomic E-state index is 0.452. The van der Waals surface area contributed by atoms with E-state index in [4.69, 9.17) is 4.52 Å². The van der Waals surface area contributed by atoms with E-state index in [9.17, 15) is 0 Å². The molecule has 2 aromatic heterocycles. The number of H-pyrrole nitrogens is 1. The maximum Gasteiger partial charge on any atom is 0.278 e. The molecule has 0 radical (unpaired) electrons. The number of nitrogens with one attached hydrogen (secondary N) is 2. The van der Waals surface area contributed by atoms with Gasteiger partial charge in [-0.1, -0.05) is 36.3 Å². The van der Waals surface area contributed by atoms with Gasteiger partial charge in [-0.15, -0.1) is 0 Å². The standard InChI is InChI=1S/C17H19N5O/c1-2-11-3-5-12(6-4-11)16-19-17(23-22-16)15-9-14(20-21-15)13-7-8-18-10-13/h3-6,9,13,18H,2,7-8,10H2,1H3,(H,20,21). The van der Waals surface area contributed by atoms with Crippen molar-refractivity contribution in [1.29, 1.82) is 0 Å². The number of hydrogen-bond donors (Lipinski definition) is 2. The monoisotopic (exact) mass is 309 g/mol. The van der Waals surface area contributed by atoms with Gasteiger partial charge in [-0.05, 0) is 31.0 Å². The molecule has 1 unspecified atom stereocenters. The van der Waals surface area contributed by atoms with Gasteiger partial charge in [-0.25, -0.2) is 0 Å². The van der Waals surface area contributed by atoms with E-state index in [0.717, 1.165) is 37.2 Å². The maximum atomic E-state index is 5.38. The zero-order valence-corrected chi connectivity index (χ0v) is 13.0. The first-order valence-electron chi connectivity index (χ1n) is 8.03. The smallest absolute Gasteiger partial charge is 0.278 e. The van der Waals surface area contributed by atoms with Gasteiger partial charge in [-0.3, -0.25) is 5.10 Å². The summed E-state index contributed by atoms with van der Waals surface area (Å²) in [5, 5.41) is 14.8. The van der Waals surface area contributed by atoms with E-state index in [1.54, 1.807) is 0 Å². The average Bonchev–Trinajstić information content (AvgIpc) is 3.34. The van der Waals surface area contributed by atoms with Crippen LogP contribution in [-0.4, -0.2) is 33.4 Å². The van der Waals surface area contributed by atoms with E-state index in [1.807, 2.05) is 18.2 Å². The van der Waals surface area contributed by atoms with Crippen molar-refractivity contribution in [3.05, 3.63) is 41.6 Å². The Bertz CT molecular complexity index is 783. The Kier molecular flexibility index (Phi) is 3.67. The molecule has 1 fully saturated rings. The Hall–Kier alpha value is -2.47. The molecule has 3 aromatic rings. The topological polar surface area (TPSA) is 79.6 Å². The maximum absolute atomic E-state index is 5.38. The van der Waals surface area contributed by atoms with Crippen LogP contribution in [0.4, 0.5) is 0 Å². The van der Waals surface area contributed by atoms with Crippen molar-refractivity contribution < 1.29 is 4.52 Å². The zero-order chi connectivity index (χ0) is 15.6. The summed E-state index contributed by atoms with van der Waals surface area (Å²) in [5.41, 5.74) is 4.07. The lowest BCUT2D eigenvalue weighted by Gasteiger charge is -2.02. The molecule has 0 bridgehead atoms. The molecule has 3 heterocycles. The van der Waals surface area contributed by atoms with E-state index in [1.165, 1.54) is 5.56 Å². The first kappa shape index (κ1) is 14.1. The van der Waals surface area contributed by atoms with Crippen LogP contribution in [-0.2, 0) is 6.42 Å². The van der Waals surface area contributed by atoms with Crippen molar-refractivity contribution in [2.75, 3.05) is 13.1 Å². The van der Waals surface area contributed by atoms with Crippen LogP contribution < -0.4 is 5.32 Å². The molecule has 4 rings (SSSR count). The Morgan fingerprint density at radius 1 is 1.26 bits per heavy atom. The molecule has 1 atom stereocenters. The van der Waals surface area contributed by atoms with Gasteiger partial charge in [0.25, 0.3) is 5.89 Å². The van der Waals surface area contributed by atoms with Crippen LogP contribution in [0.2, 0.25) is 0 Å². The van der Waals surface area contributed by atoms with Crippen molar-refractivity contribution >= 4 is 0 Å². The molecular formula is C17H19N5O. The predicted molar refractivity (Wildman–Crippen MR) is 86.9 cm³/mol. The number of aromatic nitrogens is 4. The van der Waals surface area contributed by atoms with E-state index in [2.05, 4.69) is 44.7 Å². The van der Waals surface area contributed by atoms with Crippen molar-refractivity contribution in [3.63, 3.8) is 0 Å². The fraction of sp³-hybridized carbons (Fsp3) is 0.353. The highest BCUT2D eigenvalue weighted by Gasteiger charge is 2.21. The van der Waals surface area contributed by atoms with E-state index in [-0.39, 0.29) is 0 Å². The SMILES string of the molecule is CCc1ccc(-c2noc(-c3cc(C4CCNC4)[nH]n3)n2)cc1. The number of aryl methyl sites for hydroxylation is 1.